The number of carbonyl (C=O) groups is 2. The van der Waals surface area contributed by atoms with Crippen molar-refractivity contribution in [1.82, 2.24) is 0 Å². The van der Waals surface area contributed by atoms with Crippen LogP contribution in [-0.4, -0.2) is 18.9 Å². The van der Waals surface area contributed by atoms with Crippen molar-refractivity contribution in [3.8, 4) is 0 Å². The Morgan fingerprint density at radius 3 is 2.73 bits per heavy atom. The van der Waals surface area contributed by atoms with Gasteiger partial charge in [0.25, 0.3) is 0 Å². The van der Waals surface area contributed by atoms with E-state index < -0.39 is 0 Å². The molecule has 82 valence electrons. The first kappa shape index (κ1) is 11.7. The lowest BCUT2D eigenvalue weighted by atomic mass is 9.80. The van der Waals surface area contributed by atoms with Gasteiger partial charge in [0, 0.05) is 12.8 Å². The molecule has 0 aromatic carbocycles. The smallest absolute Gasteiger partial charge is 0.302 e. The van der Waals surface area contributed by atoms with Gasteiger partial charge in [-0.3, -0.25) is 9.59 Å². The fraction of sp³-hybridized carbons (Fsp3) is 0.500. The number of aldehydes is 1. The molecule has 2 atom stereocenters. The largest absolute Gasteiger partial charge is 0.465 e. The van der Waals surface area contributed by atoms with E-state index in [1.165, 1.54) is 12.5 Å². The van der Waals surface area contributed by atoms with Gasteiger partial charge in [-0.1, -0.05) is 24.6 Å². The van der Waals surface area contributed by atoms with E-state index in [0.29, 0.717) is 5.57 Å². The Morgan fingerprint density at radius 1 is 1.53 bits per heavy atom. The van der Waals surface area contributed by atoms with Crippen LogP contribution in [0.25, 0.3) is 0 Å². The zero-order valence-electron chi connectivity index (χ0n) is 9.32. The lowest BCUT2D eigenvalue weighted by Crippen LogP contribution is -2.25. The molecule has 0 spiro atoms. The summed E-state index contributed by atoms with van der Waals surface area (Å²) in [7, 11) is 0. The van der Waals surface area contributed by atoms with Gasteiger partial charge in [-0.05, 0) is 18.4 Å². The van der Waals surface area contributed by atoms with Crippen molar-refractivity contribution < 1.29 is 14.3 Å². The summed E-state index contributed by atoms with van der Waals surface area (Å²) in [5.74, 6) is -0.0643. The maximum Gasteiger partial charge on any atom is 0.302 e. The molecule has 0 bridgehead atoms. The number of hydrogen-bond donors (Lipinski definition) is 0. The van der Waals surface area contributed by atoms with Gasteiger partial charge in [-0.2, -0.15) is 0 Å². The zero-order chi connectivity index (χ0) is 11.4. The molecule has 0 heterocycles. The molecular formula is C12H16O3. The molecule has 0 saturated carbocycles. The molecular weight excluding hydrogens is 192 g/mol. The van der Waals surface area contributed by atoms with Gasteiger partial charge in [0.1, 0.15) is 6.29 Å². The molecule has 3 heteroatoms. The average Bonchev–Trinajstić information content (AvgIpc) is 2.20. The summed E-state index contributed by atoms with van der Waals surface area (Å²) in [5, 5.41) is 0. The van der Waals surface area contributed by atoms with Crippen molar-refractivity contribution in [3.63, 3.8) is 0 Å². The molecule has 0 radical (unpaired) electrons. The van der Waals surface area contributed by atoms with E-state index in [2.05, 4.69) is 0 Å². The van der Waals surface area contributed by atoms with E-state index >= 15 is 0 Å². The molecule has 0 N–H and O–H groups in total. The van der Waals surface area contributed by atoms with Crippen molar-refractivity contribution in [2.24, 2.45) is 11.8 Å². The third kappa shape index (κ3) is 2.78. The summed E-state index contributed by atoms with van der Waals surface area (Å²) < 4.78 is 4.97. The average molecular weight is 208 g/mol. The van der Waals surface area contributed by atoms with Crippen LogP contribution < -0.4 is 0 Å². The quantitative estimate of drug-likeness (QED) is 0.525. The Kier molecular flexibility index (Phi) is 3.83. The minimum atomic E-state index is -0.306. The summed E-state index contributed by atoms with van der Waals surface area (Å²) >= 11 is 0. The van der Waals surface area contributed by atoms with E-state index in [4.69, 9.17) is 4.74 Å². The van der Waals surface area contributed by atoms with Crippen LogP contribution in [-0.2, 0) is 14.3 Å². The van der Waals surface area contributed by atoms with Crippen LogP contribution in [0.5, 0.6) is 0 Å². The number of ether oxygens (including phenoxy) is 1. The molecule has 1 aliphatic rings. The summed E-state index contributed by atoms with van der Waals surface area (Å²) in [4.78, 5) is 21.6. The van der Waals surface area contributed by atoms with E-state index in [0.717, 1.165) is 6.29 Å². The number of rotatable bonds is 3. The third-order valence-corrected chi connectivity index (χ3v) is 2.89. The molecule has 0 amide bonds. The van der Waals surface area contributed by atoms with Crippen molar-refractivity contribution in [2.75, 3.05) is 6.61 Å². The van der Waals surface area contributed by atoms with Gasteiger partial charge in [-0.25, -0.2) is 0 Å². The van der Waals surface area contributed by atoms with Crippen LogP contribution in [0.1, 0.15) is 20.8 Å². The maximum absolute atomic E-state index is 10.8. The van der Waals surface area contributed by atoms with Crippen LogP contribution >= 0.6 is 0 Å². The van der Waals surface area contributed by atoms with Gasteiger partial charge in [0.05, 0.1) is 6.61 Å². The first-order valence-corrected chi connectivity index (χ1v) is 5.03. The highest BCUT2D eigenvalue weighted by Crippen LogP contribution is 2.30. The number of allylic oxidation sites excluding steroid dienone is 3. The zero-order valence-corrected chi connectivity index (χ0v) is 9.32. The first-order chi connectivity index (χ1) is 7.06. The topological polar surface area (TPSA) is 43.4 Å². The Bertz CT molecular complexity index is 326. The normalized spacial score (nSPS) is 25.3. The van der Waals surface area contributed by atoms with Crippen molar-refractivity contribution >= 4 is 12.3 Å². The summed E-state index contributed by atoms with van der Waals surface area (Å²) in [6.07, 6.45) is 4.59. The Labute approximate surface area is 89.8 Å². The van der Waals surface area contributed by atoms with Gasteiger partial charge >= 0.3 is 5.97 Å². The number of carbonyl (C=O) groups excluding carboxylic acids is 2. The predicted octanol–water partition coefficient (Wildman–Crippen LogP) is 1.89. The van der Waals surface area contributed by atoms with Crippen molar-refractivity contribution in [3.05, 3.63) is 23.3 Å². The molecule has 0 aliphatic heterocycles. The van der Waals surface area contributed by atoms with Gasteiger partial charge in [-0.15, -0.1) is 0 Å². The minimum Gasteiger partial charge on any atom is -0.465 e. The molecule has 3 nitrogen and oxygen atoms in total. The summed E-state index contributed by atoms with van der Waals surface area (Å²) in [5.41, 5.74) is 1.91. The third-order valence-electron chi connectivity index (χ3n) is 2.89. The number of hydrogen-bond acceptors (Lipinski definition) is 3. The van der Waals surface area contributed by atoms with Gasteiger partial charge in [0.15, 0.2) is 0 Å². The Balaban J connectivity index is 2.76. The van der Waals surface area contributed by atoms with Gasteiger partial charge in [0.2, 0.25) is 0 Å². The lowest BCUT2D eigenvalue weighted by Gasteiger charge is -2.27. The van der Waals surface area contributed by atoms with E-state index in [9.17, 15) is 9.59 Å². The molecule has 0 aromatic rings. The monoisotopic (exact) mass is 208 g/mol. The van der Waals surface area contributed by atoms with Crippen LogP contribution in [0.2, 0.25) is 0 Å². The minimum absolute atomic E-state index is 0.00333. The van der Waals surface area contributed by atoms with E-state index in [1.54, 1.807) is 6.08 Å². The highest BCUT2D eigenvalue weighted by Gasteiger charge is 2.25. The molecule has 1 unspecified atom stereocenters. The first-order valence-electron chi connectivity index (χ1n) is 5.03. The molecule has 0 saturated heterocycles. The lowest BCUT2D eigenvalue weighted by molar-refractivity contribution is -0.142. The van der Waals surface area contributed by atoms with E-state index in [1.807, 2.05) is 19.9 Å². The van der Waals surface area contributed by atoms with Crippen molar-refractivity contribution in [2.45, 2.75) is 20.8 Å². The van der Waals surface area contributed by atoms with E-state index in [-0.39, 0.29) is 24.4 Å². The number of esters is 1. The van der Waals surface area contributed by atoms with Crippen LogP contribution in [0.3, 0.4) is 0 Å². The highest BCUT2D eigenvalue weighted by molar-refractivity contribution is 5.76. The van der Waals surface area contributed by atoms with Crippen LogP contribution in [0, 0.1) is 11.8 Å². The highest BCUT2D eigenvalue weighted by atomic mass is 16.5. The second-order valence-electron chi connectivity index (χ2n) is 3.89. The fourth-order valence-electron chi connectivity index (χ4n) is 1.68. The Hall–Kier alpha value is -1.38. The molecule has 0 aromatic heterocycles. The molecule has 15 heavy (non-hydrogen) atoms. The summed E-state index contributed by atoms with van der Waals surface area (Å²) in [6, 6.07) is 0. The van der Waals surface area contributed by atoms with Crippen LogP contribution in [0.4, 0.5) is 0 Å². The van der Waals surface area contributed by atoms with Crippen molar-refractivity contribution in [1.29, 1.82) is 0 Å². The Morgan fingerprint density at radius 2 is 2.20 bits per heavy atom. The second kappa shape index (κ2) is 4.91. The maximum atomic E-state index is 10.8. The summed E-state index contributed by atoms with van der Waals surface area (Å²) in [6.45, 7) is 5.72. The fourth-order valence-corrected chi connectivity index (χ4v) is 1.68. The molecule has 1 rings (SSSR count). The van der Waals surface area contributed by atoms with Crippen LogP contribution in [0.15, 0.2) is 23.3 Å². The molecule has 0 fully saturated rings. The SMILES string of the molecule is CC(=O)OC[C@H]1C(C=O)=CC=C(C)C1C. The van der Waals surface area contributed by atoms with Gasteiger partial charge < -0.3 is 4.74 Å². The predicted molar refractivity (Wildman–Crippen MR) is 57.2 cm³/mol. The molecule has 1 aliphatic carbocycles. The second-order valence-corrected chi connectivity index (χ2v) is 3.89. The standard InChI is InChI=1S/C12H16O3/c1-8-4-5-11(6-13)12(9(8)2)7-15-10(3)14/h4-6,9,12H,7H2,1-3H3/t9?,12-/m1/s1.